The topological polar surface area (TPSA) is 17.1 Å². The molecule has 0 spiro atoms. The second-order valence-electron chi connectivity index (χ2n) is 3.79. The minimum absolute atomic E-state index is 0.361. The number of hydrogen-bond donors (Lipinski definition) is 0. The molecule has 13 heavy (non-hydrogen) atoms. The predicted molar refractivity (Wildman–Crippen MR) is 56.3 cm³/mol. The number of Topliss-reactive ketones (excluding diaryl/α,β-unsaturated/α-hetero) is 1. The molecule has 0 aromatic rings. The second-order valence-corrected chi connectivity index (χ2v) is 3.79. The molecular weight excluding hydrogens is 160 g/mol. The van der Waals surface area contributed by atoms with E-state index in [1.165, 1.54) is 0 Å². The Morgan fingerprint density at radius 3 is 2.46 bits per heavy atom. The average molecular weight is 180 g/mol. The van der Waals surface area contributed by atoms with Crippen LogP contribution in [0.25, 0.3) is 0 Å². The third kappa shape index (κ3) is 5.47. The molecule has 1 nitrogen and oxygen atoms in total. The van der Waals surface area contributed by atoms with Crippen molar-refractivity contribution in [2.24, 2.45) is 11.8 Å². The number of carbonyl (C=O) groups excluding carboxylic acids is 1. The summed E-state index contributed by atoms with van der Waals surface area (Å²) in [6.45, 7) is 6.24. The van der Waals surface area contributed by atoms with E-state index in [9.17, 15) is 4.79 Å². The van der Waals surface area contributed by atoms with Crippen LogP contribution in [0.1, 0.15) is 46.5 Å². The summed E-state index contributed by atoms with van der Waals surface area (Å²) < 4.78 is 0. The van der Waals surface area contributed by atoms with Gasteiger partial charge in [0, 0.05) is 19.3 Å². The molecule has 74 valence electrons. The zero-order valence-electron chi connectivity index (χ0n) is 8.97. The summed E-state index contributed by atoms with van der Waals surface area (Å²) in [5, 5.41) is 0. The van der Waals surface area contributed by atoms with E-state index in [0.717, 1.165) is 12.8 Å². The van der Waals surface area contributed by atoms with Crippen molar-refractivity contribution < 1.29 is 4.79 Å². The molecule has 0 amide bonds. The Balaban J connectivity index is 3.68. The van der Waals surface area contributed by atoms with E-state index in [1.807, 2.05) is 6.92 Å². The van der Waals surface area contributed by atoms with Crippen LogP contribution in [0.2, 0.25) is 0 Å². The van der Waals surface area contributed by atoms with Crippen LogP contribution in [-0.4, -0.2) is 5.78 Å². The Bertz CT molecular complexity index is 188. The highest BCUT2D eigenvalue weighted by molar-refractivity contribution is 5.77. The molecule has 2 atom stereocenters. The van der Waals surface area contributed by atoms with Gasteiger partial charge in [-0.25, -0.2) is 0 Å². The molecule has 0 aliphatic heterocycles. The van der Waals surface area contributed by atoms with E-state index >= 15 is 0 Å². The largest absolute Gasteiger partial charge is 0.300 e. The first kappa shape index (κ1) is 12.2. The van der Waals surface area contributed by atoms with Gasteiger partial charge in [0.05, 0.1) is 0 Å². The monoisotopic (exact) mass is 180 g/mol. The smallest absolute Gasteiger partial charge is 0.132 e. The molecule has 0 radical (unpaired) electrons. The molecule has 0 N–H and O–H groups in total. The van der Waals surface area contributed by atoms with Crippen LogP contribution < -0.4 is 0 Å². The van der Waals surface area contributed by atoms with Crippen molar-refractivity contribution in [2.45, 2.75) is 46.5 Å². The van der Waals surface area contributed by atoms with Gasteiger partial charge in [-0.05, 0) is 18.3 Å². The summed E-state index contributed by atoms with van der Waals surface area (Å²) in [5.74, 6) is 4.12. The van der Waals surface area contributed by atoms with Crippen LogP contribution in [0.3, 0.4) is 0 Å². The third-order valence-electron chi connectivity index (χ3n) is 2.68. The summed E-state index contributed by atoms with van der Waals surface area (Å²) >= 11 is 0. The molecule has 0 aromatic carbocycles. The van der Waals surface area contributed by atoms with E-state index in [1.54, 1.807) is 0 Å². The van der Waals surface area contributed by atoms with Crippen molar-refractivity contribution in [3.8, 4) is 12.3 Å². The van der Waals surface area contributed by atoms with Crippen molar-refractivity contribution in [1.29, 1.82) is 0 Å². The molecule has 0 aliphatic rings. The standard InChI is InChI=1S/C12H20O/c1-5-7-10(3)11(4)8-9-12(13)6-2/h1,10-11H,6-9H2,2-4H3. The molecule has 2 unspecified atom stereocenters. The summed E-state index contributed by atoms with van der Waals surface area (Å²) in [6, 6.07) is 0. The van der Waals surface area contributed by atoms with Gasteiger partial charge in [0.1, 0.15) is 5.78 Å². The number of hydrogen-bond acceptors (Lipinski definition) is 1. The van der Waals surface area contributed by atoms with Crippen molar-refractivity contribution in [3.05, 3.63) is 0 Å². The SMILES string of the molecule is C#CCC(C)C(C)CCC(=O)CC. The Hall–Kier alpha value is -0.770. The van der Waals surface area contributed by atoms with Gasteiger partial charge in [-0.2, -0.15) is 0 Å². The minimum Gasteiger partial charge on any atom is -0.300 e. The molecular formula is C12H20O. The second kappa shape index (κ2) is 6.71. The quantitative estimate of drug-likeness (QED) is 0.574. The van der Waals surface area contributed by atoms with E-state index in [0.29, 0.717) is 30.5 Å². The molecule has 0 aliphatic carbocycles. The van der Waals surface area contributed by atoms with Gasteiger partial charge in [-0.1, -0.05) is 20.8 Å². The summed E-state index contributed by atoms with van der Waals surface area (Å²) in [4.78, 5) is 11.1. The van der Waals surface area contributed by atoms with Gasteiger partial charge >= 0.3 is 0 Å². The predicted octanol–water partition coefficient (Wildman–Crippen LogP) is 3.04. The Morgan fingerprint density at radius 2 is 2.00 bits per heavy atom. The summed E-state index contributed by atoms with van der Waals surface area (Å²) in [7, 11) is 0. The van der Waals surface area contributed by atoms with Gasteiger partial charge in [0.15, 0.2) is 0 Å². The van der Waals surface area contributed by atoms with Crippen LogP contribution in [0, 0.1) is 24.2 Å². The highest BCUT2D eigenvalue weighted by Crippen LogP contribution is 2.19. The molecule has 0 fully saturated rings. The maximum atomic E-state index is 11.1. The maximum absolute atomic E-state index is 11.1. The minimum atomic E-state index is 0.361. The normalized spacial score (nSPS) is 14.6. The average Bonchev–Trinajstić information content (AvgIpc) is 2.13. The fourth-order valence-electron chi connectivity index (χ4n) is 1.24. The van der Waals surface area contributed by atoms with E-state index in [2.05, 4.69) is 19.8 Å². The Kier molecular flexibility index (Phi) is 6.32. The van der Waals surface area contributed by atoms with Gasteiger partial charge in [0.2, 0.25) is 0 Å². The van der Waals surface area contributed by atoms with Crippen molar-refractivity contribution in [2.75, 3.05) is 0 Å². The summed E-state index contributed by atoms with van der Waals surface area (Å²) in [5.41, 5.74) is 0. The Labute approximate surface area is 81.9 Å². The lowest BCUT2D eigenvalue weighted by molar-refractivity contribution is -0.119. The highest BCUT2D eigenvalue weighted by Gasteiger charge is 2.11. The van der Waals surface area contributed by atoms with E-state index in [-0.39, 0.29) is 0 Å². The third-order valence-corrected chi connectivity index (χ3v) is 2.68. The molecule has 0 saturated carbocycles. The van der Waals surface area contributed by atoms with Crippen molar-refractivity contribution in [1.82, 2.24) is 0 Å². The van der Waals surface area contributed by atoms with Gasteiger partial charge in [-0.3, -0.25) is 4.79 Å². The van der Waals surface area contributed by atoms with Crippen LogP contribution in [-0.2, 0) is 4.79 Å². The lowest BCUT2D eigenvalue weighted by Crippen LogP contribution is -2.09. The molecule has 0 saturated heterocycles. The highest BCUT2D eigenvalue weighted by atomic mass is 16.1. The zero-order chi connectivity index (χ0) is 10.3. The molecule has 0 rings (SSSR count). The lowest BCUT2D eigenvalue weighted by Gasteiger charge is -2.16. The molecule has 0 bridgehead atoms. The fourth-order valence-corrected chi connectivity index (χ4v) is 1.24. The first-order chi connectivity index (χ1) is 6.11. The number of terminal acetylenes is 1. The van der Waals surface area contributed by atoms with Crippen molar-refractivity contribution >= 4 is 5.78 Å². The lowest BCUT2D eigenvalue weighted by atomic mass is 9.88. The Morgan fingerprint density at radius 1 is 1.38 bits per heavy atom. The van der Waals surface area contributed by atoms with Crippen LogP contribution in [0.5, 0.6) is 0 Å². The number of ketones is 1. The fraction of sp³-hybridized carbons (Fsp3) is 0.750. The van der Waals surface area contributed by atoms with E-state index < -0.39 is 0 Å². The molecule has 0 aromatic heterocycles. The maximum Gasteiger partial charge on any atom is 0.132 e. The zero-order valence-corrected chi connectivity index (χ0v) is 8.97. The first-order valence-corrected chi connectivity index (χ1v) is 5.07. The first-order valence-electron chi connectivity index (χ1n) is 5.07. The van der Waals surface area contributed by atoms with Crippen LogP contribution >= 0.6 is 0 Å². The van der Waals surface area contributed by atoms with Gasteiger partial charge in [-0.15, -0.1) is 12.3 Å². The van der Waals surface area contributed by atoms with Crippen LogP contribution in [0.15, 0.2) is 0 Å². The summed E-state index contributed by atoms with van der Waals surface area (Å²) in [6.07, 6.45) is 8.41. The molecule has 0 heterocycles. The molecule has 1 heteroatoms. The van der Waals surface area contributed by atoms with Crippen molar-refractivity contribution in [3.63, 3.8) is 0 Å². The van der Waals surface area contributed by atoms with Gasteiger partial charge in [0.25, 0.3) is 0 Å². The van der Waals surface area contributed by atoms with Gasteiger partial charge < -0.3 is 0 Å². The number of carbonyl (C=O) groups is 1. The van der Waals surface area contributed by atoms with Crippen LogP contribution in [0.4, 0.5) is 0 Å². The van der Waals surface area contributed by atoms with E-state index in [4.69, 9.17) is 6.42 Å². The number of rotatable bonds is 6.